The normalized spacial score (nSPS) is 14.6. The lowest BCUT2D eigenvalue weighted by molar-refractivity contribution is 0.315. The molecule has 0 aliphatic heterocycles. The number of halogens is 1. The second-order valence-corrected chi connectivity index (χ2v) is 5.83. The highest BCUT2D eigenvalue weighted by atomic mass is 127. The van der Waals surface area contributed by atoms with Gasteiger partial charge in [0.25, 0.3) is 0 Å². The zero-order valence-corrected chi connectivity index (χ0v) is 16.1. The van der Waals surface area contributed by atoms with Crippen molar-refractivity contribution in [3.05, 3.63) is 42.2 Å². The monoisotopic (exact) mass is 441 g/mol. The number of guanidine groups is 1. The summed E-state index contributed by atoms with van der Waals surface area (Å²) >= 11 is 0. The lowest BCUT2D eigenvalue weighted by Gasteiger charge is -2.25. The topological polar surface area (TPSA) is 77.5 Å². The molecule has 1 saturated carbocycles. The molecule has 0 amide bonds. The fourth-order valence-corrected chi connectivity index (χ4v) is 2.49. The van der Waals surface area contributed by atoms with Crippen LogP contribution >= 0.6 is 24.0 Å². The summed E-state index contributed by atoms with van der Waals surface area (Å²) in [5, 5.41) is 7.70. The Labute approximate surface area is 159 Å². The standard InChI is InChI=1S/C17H23N5O.HI/c1-23-16-7-5-15(6-8-16)22-10-9-14(21-22)12-20-17(18)19-11-13-3-2-4-13;/h5-10,13H,2-4,11-12H2,1H3,(H3,18,19,20);1H. The van der Waals surface area contributed by atoms with Crippen molar-refractivity contribution in [2.45, 2.75) is 25.8 Å². The first-order valence-corrected chi connectivity index (χ1v) is 7.97. The number of ether oxygens (including phenoxy) is 1. The van der Waals surface area contributed by atoms with Gasteiger partial charge in [-0.05, 0) is 49.1 Å². The molecule has 0 saturated heterocycles. The van der Waals surface area contributed by atoms with Gasteiger partial charge in [-0.15, -0.1) is 24.0 Å². The molecule has 2 aromatic rings. The van der Waals surface area contributed by atoms with Crippen molar-refractivity contribution < 1.29 is 4.74 Å². The van der Waals surface area contributed by atoms with Crippen LogP contribution in [0.25, 0.3) is 5.69 Å². The van der Waals surface area contributed by atoms with Crippen LogP contribution in [0.3, 0.4) is 0 Å². The largest absolute Gasteiger partial charge is 0.497 e. The van der Waals surface area contributed by atoms with Crippen molar-refractivity contribution in [3.8, 4) is 11.4 Å². The van der Waals surface area contributed by atoms with Gasteiger partial charge in [0, 0.05) is 12.7 Å². The van der Waals surface area contributed by atoms with Crippen molar-refractivity contribution in [1.82, 2.24) is 15.1 Å². The lowest BCUT2D eigenvalue weighted by atomic mass is 9.85. The summed E-state index contributed by atoms with van der Waals surface area (Å²) in [7, 11) is 1.66. The first-order valence-electron chi connectivity index (χ1n) is 7.97. The van der Waals surface area contributed by atoms with Crippen LogP contribution in [0.5, 0.6) is 5.75 Å². The van der Waals surface area contributed by atoms with Crippen LogP contribution in [0.4, 0.5) is 0 Å². The Morgan fingerprint density at radius 2 is 2.08 bits per heavy atom. The van der Waals surface area contributed by atoms with E-state index in [9.17, 15) is 0 Å². The molecule has 1 fully saturated rings. The Morgan fingerprint density at radius 3 is 2.71 bits per heavy atom. The molecule has 0 spiro atoms. The van der Waals surface area contributed by atoms with E-state index >= 15 is 0 Å². The average Bonchev–Trinajstić information content (AvgIpc) is 3.00. The number of aromatic nitrogens is 2. The van der Waals surface area contributed by atoms with E-state index in [4.69, 9.17) is 10.5 Å². The maximum Gasteiger partial charge on any atom is 0.188 e. The van der Waals surface area contributed by atoms with Crippen LogP contribution in [0.1, 0.15) is 25.0 Å². The highest BCUT2D eigenvalue weighted by Crippen LogP contribution is 2.25. The molecule has 1 aliphatic rings. The number of benzene rings is 1. The molecule has 130 valence electrons. The quantitative estimate of drug-likeness (QED) is 0.411. The van der Waals surface area contributed by atoms with Gasteiger partial charge in [0.2, 0.25) is 0 Å². The smallest absolute Gasteiger partial charge is 0.188 e. The number of nitrogens with zero attached hydrogens (tertiary/aromatic N) is 3. The summed E-state index contributed by atoms with van der Waals surface area (Å²) in [6, 6.07) is 9.71. The Hall–Kier alpha value is -1.77. The molecule has 0 radical (unpaired) electrons. The third-order valence-electron chi connectivity index (χ3n) is 4.19. The molecule has 1 aliphatic carbocycles. The van der Waals surface area contributed by atoms with Crippen molar-refractivity contribution in [1.29, 1.82) is 0 Å². The summed E-state index contributed by atoms with van der Waals surface area (Å²) in [4.78, 5) is 4.35. The molecule has 7 heteroatoms. The van der Waals surface area contributed by atoms with Gasteiger partial charge in [-0.2, -0.15) is 5.10 Å². The fourth-order valence-electron chi connectivity index (χ4n) is 2.49. The first kappa shape index (κ1) is 18.6. The minimum atomic E-state index is 0. The van der Waals surface area contributed by atoms with Crippen molar-refractivity contribution in [3.63, 3.8) is 0 Å². The van der Waals surface area contributed by atoms with E-state index in [2.05, 4.69) is 15.4 Å². The Balaban J connectivity index is 0.00000208. The lowest BCUT2D eigenvalue weighted by Crippen LogP contribution is -2.37. The number of nitrogens with one attached hydrogen (secondary N) is 1. The van der Waals surface area contributed by atoms with Gasteiger partial charge in [-0.1, -0.05) is 6.42 Å². The number of hydrogen-bond acceptors (Lipinski definition) is 3. The number of rotatable bonds is 6. The van der Waals surface area contributed by atoms with Crippen LogP contribution in [-0.2, 0) is 6.54 Å². The van der Waals surface area contributed by atoms with Crippen molar-refractivity contribution >= 4 is 29.9 Å². The van der Waals surface area contributed by atoms with Crippen LogP contribution in [0.15, 0.2) is 41.5 Å². The minimum Gasteiger partial charge on any atom is -0.497 e. The maximum absolute atomic E-state index is 5.89. The predicted octanol–water partition coefficient (Wildman–Crippen LogP) is 2.70. The van der Waals surface area contributed by atoms with E-state index in [0.29, 0.717) is 12.5 Å². The molecule has 0 atom stereocenters. The van der Waals surface area contributed by atoms with E-state index in [1.165, 1.54) is 19.3 Å². The van der Waals surface area contributed by atoms with Gasteiger partial charge in [0.05, 0.1) is 25.0 Å². The van der Waals surface area contributed by atoms with Crippen molar-refractivity contribution in [2.24, 2.45) is 16.6 Å². The first-order chi connectivity index (χ1) is 11.2. The van der Waals surface area contributed by atoms with Gasteiger partial charge in [-0.3, -0.25) is 0 Å². The molecule has 3 rings (SSSR count). The van der Waals surface area contributed by atoms with Gasteiger partial charge in [0.15, 0.2) is 5.96 Å². The van der Waals surface area contributed by atoms with Gasteiger partial charge < -0.3 is 15.8 Å². The number of aliphatic imine (C=N–C) groups is 1. The maximum atomic E-state index is 5.89. The summed E-state index contributed by atoms with van der Waals surface area (Å²) < 4.78 is 6.98. The molecular weight excluding hydrogens is 417 g/mol. The highest BCUT2D eigenvalue weighted by molar-refractivity contribution is 14.0. The highest BCUT2D eigenvalue weighted by Gasteiger charge is 2.16. The molecule has 0 unspecified atom stereocenters. The fraction of sp³-hybridized carbons (Fsp3) is 0.412. The number of nitrogens with two attached hydrogens (primary N) is 1. The molecule has 1 aromatic carbocycles. The van der Waals surface area contributed by atoms with Crippen LogP contribution in [0.2, 0.25) is 0 Å². The van der Waals surface area contributed by atoms with E-state index in [1.54, 1.807) is 7.11 Å². The summed E-state index contributed by atoms with van der Waals surface area (Å²) in [6.07, 6.45) is 5.86. The van der Waals surface area contributed by atoms with E-state index in [0.717, 1.165) is 29.6 Å². The van der Waals surface area contributed by atoms with E-state index in [-0.39, 0.29) is 24.0 Å². The Bertz CT molecular complexity index is 664. The zero-order chi connectivity index (χ0) is 16.1. The predicted molar refractivity (Wildman–Crippen MR) is 106 cm³/mol. The SMILES string of the molecule is COc1ccc(-n2ccc(CN=C(N)NCC3CCC3)n2)cc1.I. The second kappa shape index (κ2) is 8.91. The summed E-state index contributed by atoms with van der Waals surface area (Å²) in [5.74, 6) is 2.09. The zero-order valence-electron chi connectivity index (χ0n) is 13.8. The molecule has 6 nitrogen and oxygen atoms in total. The molecule has 1 aromatic heterocycles. The Morgan fingerprint density at radius 1 is 1.33 bits per heavy atom. The molecule has 24 heavy (non-hydrogen) atoms. The van der Waals surface area contributed by atoms with Crippen molar-refractivity contribution in [2.75, 3.05) is 13.7 Å². The minimum absolute atomic E-state index is 0. The molecule has 1 heterocycles. The number of methoxy groups -OCH3 is 1. The van der Waals surface area contributed by atoms with Crippen LogP contribution in [-0.4, -0.2) is 29.4 Å². The third-order valence-corrected chi connectivity index (χ3v) is 4.19. The molecule has 0 bridgehead atoms. The van der Waals surface area contributed by atoms with Crippen LogP contribution in [0, 0.1) is 5.92 Å². The molecular formula is C17H24IN5O. The van der Waals surface area contributed by atoms with Gasteiger partial charge in [0.1, 0.15) is 5.75 Å². The number of hydrogen-bond donors (Lipinski definition) is 2. The average molecular weight is 441 g/mol. The third kappa shape index (κ3) is 4.86. The van der Waals surface area contributed by atoms with E-state index in [1.807, 2.05) is 41.2 Å². The Kier molecular flexibility index (Phi) is 6.89. The van der Waals surface area contributed by atoms with Crippen LogP contribution < -0.4 is 15.8 Å². The summed E-state index contributed by atoms with van der Waals surface area (Å²) in [6.45, 7) is 1.41. The van der Waals surface area contributed by atoms with Gasteiger partial charge in [-0.25, -0.2) is 9.67 Å². The van der Waals surface area contributed by atoms with Gasteiger partial charge >= 0.3 is 0 Å². The van der Waals surface area contributed by atoms with E-state index < -0.39 is 0 Å². The second-order valence-electron chi connectivity index (χ2n) is 5.83. The summed E-state index contributed by atoms with van der Waals surface area (Å²) in [5.41, 5.74) is 7.76. The molecule has 3 N–H and O–H groups in total.